The van der Waals surface area contributed by atoms with Gasteiger partial charge in [0, 0.05) is 25.8 Å². The maximum atomic E-state index is 11.7. The van der Waals surface area contributed by atoms with Gasteiger partial charge >= 0.3 is 0 Å². The minimum absolute atomic E-state index is 0.148. The van der Waals surface area contributed by atoms with Gasteiger partial charge in [-0.15, -0.1) is 0 Å². The molecule has 1 aliphatic heterocycles. The van der Waals surface area contributed by atoms with Crippen molar-refractivity contribution in [1.29, 1.82) is 0 Å². The van der Waals surface area contributed by atoms with Gasteiger partial charge in [-0.3, -0.25) is 0 Å². The van der Waals surface area contributed by atoms with Crippen LogP contribution in [0.2, 0.25) is 0 Å². The number of anilines is 1. The highest BCUT2D eigenvalue weighted by molar-refractivity contribution is 7.91. The number of benzene rings is 1. The summed E-state index contributed by atoms with van der Waals surface area (Å²) in [6, 6.07) is 7.65. The molecule has 5 heteroatoms. The third-order valence-electron chi connectivity index (χ3n) is 3.29. The van der Waals surface area contributed by atoms with Crippen LogP contribution in [0.15, 0.2) is 29.2 Å². The van der Waals surface area contributed by atoms with Crippen LogP contribution in [0.1, 0.15) is 6.92 Å². The van der Waals surface area contributed by atoms with Crippen LogP contribution in [0, 0.1) is 0 Å². The lowest BCUT2D eigenvalue weighted by Gasteiger charge is -2.37. The van der Waals surface area contributed by atoms with Crippen molar-refractivity contribution in [3.05, 3.63) is 24.3 Å². The van der Waals surface area contributed by atoms with Crippen LogP contribution < -0.4 is 10.2 Å². The van der Waals surface area contributed by atoms with Crippen LogP contribution in [-0.4, -0.2) is 40.3 Å². The molecule has 0 spiro atoms. The molecule has 1 saturated heterocycles. The van der Waals surface area contributed by atoms with Gasteiger partial charge in [0.25, 0.3) is 0 Å². The van der Waals surface area contributed by atoms with Crippen molar-refractivity contribution in [3.63, 3.8) is 0 Å². The molecule has 0 aromatic heterocycles. The van der Waals surface area contributed by atoms with E-state index in [1.807, 2.05) is 19.2 Å². The second kappa shape index (κ2) is 4.66. The Bertz CT molecular complexity index is 478. The van der Waals surface area contributed by atoms with Gasteiger partial charge in [0.2, 0.25) is 0 Å². The zero-order chi connectivity index (χ0) is 12.5. The summed E-state index contributed by atoms with van der Waals surface area (Å²) in [4.78, 5) is 2.59. The maximum Gasteiger partial charge on any atom is 0.178 e. The van der Waals surface area contributed by atoms with Crippen molar-refractivity contribution >= 4 is 15.5 Å². The number of hydrogen-bond donors (Lipinski definition) is 1. The van der Waals surface area contributed by atoms with Gasteiger partial charge in [-0.1, -0.05) is 6.92 Å². The minimum Gasteiger partial charge on any atom is -0.369 e. The Hall–Kier alpha value is -1.07. The highest BCUT2D eigenvalue weighted by Crippen LogP contribution is 2.20. The van der Waals surface area contributed by atoms with Crippen molar-refractivity contribution < 1.29 is 8.42 Å². The van der Waals surface area contributed by atoms with E-state index in [9.17, 15) is 8.42 Å². The average molecular weight is 254 g/mol. The first-order valence-corrected chi connectivity index (χ1v) is 7.46. The monoisotopic (exact) mass is 254 g/mol. The van der Waals surface area contributed by atoms with Gasteiger partial charge in [-0.25, -0.2) is 8.42 Å². The topological polar surface area (TPSA) is 49.4 Å². The number of rotatable bonds is 4. The van der Waals surface area contributed by atoms with Gasteiger partial charge < -0.3 is 10.2 Å². The second-order valence-electron chi connectivity index (χ2n) is 4.32. The molecular formula is C12H18N2O2S. The standard InChI is InChI=1S/C12H18N2O2S/c1-3-17(15,16)12-6-4-10(5-7-12)14(2)11-8-13-9-11/h4-7,11,13H,3,8-9H2,1-2H3. The molecule has 0 bridgehead atoms. The highest BCUT2D eigenvalue weighted by atomic mass is 32.2. The predicted octanol–water partition coefficient (Wildman–Crippen LogP) is 0.888. The summed E-state index contributed by atoms with van der Waals surface area (Å²) < 4.78 is 23.3. The molecule has 2 rings (SSSR count). The summed E-state index contributed by atoms with van der Waals surface area (Å²) in [5, 5.41) is 3.22. The Morgan fingerprint density at radius 1 is 1.29 bits per heavy atom. The van der Waals surface area contributed by atoms with E-state index in [0.717, 1.165) is 18.8 Å². The summed E-state index contributed by atoms with van der Waals surface area (Å²) in [7, 11) is -1.05. The second-order valence-corrected chi connectivity index (χ2v) is 6.60. The number of sulfone groups is 1. The Kier molecular flexibility index (Phi) is 3.40. The Morgan fingerprint density at radius 2 is 1.88 bits per heavy atom. The van der Waals surface area contributed by atoms with Crippen LogP contribution in [-0.2, 0) is 9.84 Å². The first-order chi connectivity index (χ1) is 8.04. The lowest BCUT2D eigenvalue weighted by molar-refractivity contribution is 0.428. The largest absolute Gasteiger partial charge is 0.369 e. The molecular weight excluding hydrogens is 236 g/mol. The van der Waals surface area contributed by atoms with E-state index in [2.05, 4.69) is 10.2 Å². The molecule has 0 atom stereocenters. The first-order valence-electron chi connectivity index (χ1n) is 5.81. The zero-order valence-corrected chi connectivity index (χ0v) is 11.0. The zero-order valence-electron chi connectivity index (χ0n) is 10.2. The molecule has 1 heterocycles. The van der Waals surface area contributed by atoms with E-state index in [1.54, 1.807) is 19.1 Å². The average Bonchev–Trinajstić information content (AvgIpc) is 2.27. The SMILES string of the molecule is CCS(=O)(=O)c1ccc(N(C)C2CNC2)cc1. The van der Waals surface area contributed by atoms with Crippen molar-refractivity contribution in [2.75, 3.05) is 30.8 Å². The Labute approximate surface area is 103 Å². The van der Waals surface area contributed by atoms with Crippen molar-refractivity contribution in [2.24, 2.45) is 0 Å². The molecule has 17 heavy (non-hydrogen) atoms. The van der Waals surface area contributed by atoms with E-state index >= 15 is 0 Å². The van der Waals surface area contributed by atoms with Gasteiger partial charge in [-0.2, -0.15) is 0 Å². The lowest BCUT2D eigenvalue weighted by Crippen LogP contribution is -2.56. The molecule has 0 aliphatic carbocycles. The molecule has 1 aliphatic rings. The predicted molar refractivity (Wildman–Crippen MR) is 69.2 cm³/mol. The van der Waals surface area contributed by atoms with E-state index in [-0.39, 0.29) is 5.75 Å². The molecule has 1 fully saturated rings. The summed E-state index contributed by atoms with van der Waals surface area (Å²) in [5.41, 5.74) is 1.06. The van der Waals surface area contributed by atoms with Gasteiger partial charge in [0.05, 0.1) is 16.7 Å². The summed E-state index contributed by atoms with van der Waals surface area (Å²) >= 11 is 0. The normalized spacial score (nSPS) is 16.6. The fraction of sp³-hybridized carbons (Fsp3) is 0.500. The number of likely N-dealkylation sites (N-methyl/N-ethyl adjacent to an activating group) is 1. The van der Waals surface area contributed by atoms with Crippen molar-refractivity contribution in [2.45, 2.75) is 17.9 Å². The lowest BCUT2D eigenvalue weighted by atomic mass is 10.1. The molecule has 0 amide bonds. The quantitative estimate of drug-likeness (QED) is 0.867. The first kappa shape index (κ1) is 12.4. The van der Waals surface area contributed by atoms with Gasteiger partial charge in [0.15, 0.2) is 9.84 Å². The molecule has 4 nitrogen and oxygen atoms in total. The number of nitrogens with one attached hydrogen (secondary N) is 1. The summed E-state index contributed by atoms with van der Waals surface area (Å²) in [6.07, 6.45) is 0. The van der Waals surface area contributed by atoms with E-state index < -0.39 is 9.84 Å². The van der Waals surface area contributed by atoms with Crippen LogP contribution in [0.4, 0.5) is 5.69 Å². The van der Waals surface area contributed by atoms with Crippen LogP contribution in [0.25, 0.3) is 0 Å². The fourth-order valence-corrected chi connectivity index (χ4v) is 2.70. The molecule has 0 unspecified atom stereocenters. The third kappa shape index (κ3) is 2.45. The maximum absolute atomic E-state index is 11.7. The van der Waals surface area contributed by atoms with Crippen LogP contribution in [0.3, 0.4) is 0 Å². The van der Waals surface area contributed by atoms with Gasteiger partial charge in [-0.05, 0) is 24.3 Å². The van der Waals surface area contributed by atoms with Crippen molar-refractivity contribution in [3.8, 4) is 0 Å². The van der Waals surface area contributed by atoms with E-state index in [1.165, 1.54) is 0 Å². The Balaban J connectivity index is 2.18. The van der Waals surface area contributed by atoms with E-state index in [0.29, 0.717) is 10.9 Å². The van der Waals surface area contributed by atoms with Crippen LogP contribution in [0.5, 0.6) is 0 Å². The summed E-state index contributed by atoms with van der Waals surface area (Å²) in [5.74, 6) is 0.148. The summed E-state index contributed by atoms with van der Waals surface area (Å²) in [6.45, 7) is 3.65. The smallest absolute Gasteiger partial charge is 0.178 e. The highest BCUT2D eigenvalue weighted by Gasteiger charge is 2.22. The molecule has 0 radical (unpaired) electrons. The number of hydrogen-bond acceptors (Lipinski definition) is 4. The Morgan fingerprint density at radius 3 is 2.29 bits per heavy atom. The fourth-order valence-electron chi connectivity index (χ4n) is 1.81. The minimum atomic E-state index is -3.08. The molecule has 1 N–H and O–H groups in total. The molecule has 1 aromatic rings. The van der Waals surface area contributed by atoms with Crippen LogP contribution >= 0.6 is 0 Å². The molecule has 94 valence electrons. The number of nitrogens with zero attached hydrogens (tertiary/aromatic N) is 1. The molecule has 0 saturated carbocycles. The molecule has 1 aromatic carbocycles. The third-order valence-corrected chi connectivity index (χ3v) is 5.04. The van der Waals surface area contributed by atoms with Gasteiger partial charge in [0.1, 0.15) is 0 Å². The van der Waals surface area contributed by atoms with Crippen molar-refractivity contribution in [1.82, 2.24) is 5.32 Å². The van der Waals surface area contributed by atoms with E-state index in [4.69, 9.17) is 0 Å².